The monoisotopic (exact) mass is 415 g/mol. The number of aromatic amines is 1. The molecule has 1 saturated heterocycles. The van der Waals surface area contributed by atoms with Crippen molar-refractivity contribution in [3.63, 3.8) is 0 Å². The molecule has 1 aliphatic carbocycles. The molecule has 0 saturated carbocycles. The van der Waals surface area contributed by atoms with E-state index in [0.717, 1.165) is 73.6 Å². The number of hydrogen-bond donors (Lipinski definition) is 1. The van der Waals surface area contributed by atoms with Crippen LogP contribution in [0, 0.1) is 6.92 Å². The third kappa shape index (κ3) is 4.03. The van der Waals surface area contributed by atoms with Crippen LogP contribution in [0.3, 0.4) is 0 Å². The van der Waals surface area contributed by atoms with Gasteiger partial charge in [-0.25, -0.2) is 13.5 Å². The largest absolute Gasteiger partial charge is 0.268 e. The third-order valence-electron chi connectivity index (χ3n) is 6.19. The summed E-state index contributed by atoms with van der Waals surface area (Å²) >= 11 is 0. The maximum absolute atomic E-state index is 13.4. The number of nitrogens with zero attached hydrogens (tertiary/aromatic N) is 2. The summed E-state index contributed by atoms with van der Waals surface area (Å²) in [6.45, 7) is 3.01. The van der Waals surface area contributed by atoms with Crippen molar-refractivity contribution in [1.29, 1.82) is 0 Å². The fourth-order valence-corrected chi connectivity index (χ4v) is 6.29. The van der Waals surface area contributed by atoms with Crippen molar-refractivity contribution in [1.82, 2.24) is 14.5 Å². The Morgan fingerprint density at radius 3 is 2.31 bits per heavy atom. The first-order valence-corrected chi connectivity index (χ1v) is 12.1. The molecule has 1 N–H and O–H groups in total. The Bertz CT molecular complexity index is 1050. The second kappa shape index (κ2) is 8.40. The lowest BCUT2D eigenvalue weighted by Crippen LogP contribution is -2.34. The molecule has 0 unspecified atom stereocenters. The van der Waals surface area contributed by atoms with Crippen LogP contribution >= 0.6 is 0 Å². The topological polar surface area (TPSA) is 83.1 Å². The molecule has 1 aliphatic heterocycles. The van der Waals surface area contributed by atoms with Crippen molar-refractivity contribution >= 4 is 10.0 Å². The van der Waals surface area contributed by atoms with Crippen LogP contribution in [0.2, 0.25) is 0 Å². The molecule has 4 rings (SSSR count). The van der Waals surface area contributed by atoms with Crippen LogP contribution < -0.4 is 5.56 Å². The van der Waals surface area contributed by atoms with Crippen LogP contribution in [0.4, 0.5) is 0 Å². The molecular formula is C22H29N3O3S. The first kappa shape index (κ1) is 20.3. The summed E-state index contributed by atoms with van der Waals surface area (Å²) in [5, 5.41) is 6.92. The van der Waals surface area contributed by atoms with Crippen LogP contribution in [0.25, 0.3) is 11.3 Å². The van der Waals surface area contributed by atoms with Crippen LogP contribution in [0.5, 0.6) is 0 Å². The van der Waals surface area contributed by atoms with Gasteiger partial charge in [0.1, 0.15) is 0 Å². The number of hydrogen-bond acceptors (Lipinski definition) is 4. The van der Waals surface area contributed by atoms with E-state index in [9.17, 15) is 13.2 Å². The predicted molar refractivity (Wildman–Crippen MR) is 114 cm³/mol. The minimum absolute atomic E-state index is 0.121. The second-order valence-corrected chi connectivity index (χ2v) is 10.1. The average Bonchev–Trinajstić information content (AvgIpc) is 2.68. The summed E-state index contributed by atoms with van der Waals surface area (Å²) in [6.07, 6.45) is 8.76. The van der Waals surface area contributed by atoms with Gasteiger partial charge in [0.05, 0.1) is 10.6 Å². The van der Waals surface area contributed by atoms with Crippen molar-refractivity contribution in [2.75, 3.05) is 13.1 Å². The van der Waals surface area contributed by atoms with E-state index in [4.69, 9.17) is 0 Å². The number of nitrogens with one attached hydrogen (secondary N) is 1. The smallest absolute Gasteiger partial charge is 0.267 e. The van der Waals surface area contributed by atoms with E-state index >= 15 is 0 Å². The molecule has 2 aromatic rings. The van der Waals surface area contributed by atoms with Gasteiger partial charge in [0.2, 0.25) is 10.0 Å². The maximum Gasteiger partial charge on any atom is 0.267 e. The standard InChI is InChI=1S/C22H29N3O3S/c1-16-11-12-17(21-18-9-5-6-10-19(18)22(26)24-23-21)15-20(16)29(27,28)25-13-7-3-2-4-8-14-25/h11-12,15H,2-10,13-14H2,1H3,(H,24,26). The molecule has 2 aliphatic rings. The van der Waals surface area contributed by atoms with Gasteiger partial charge >= 0.3 is 0 Å². The Labute approximate surface area is 172 Å². The Morgan fingerprint density at radius 1 is 0.931 bits per heavy atom. The van der Waals surface area contributed by atoms with E-state index in [2.05, 4.69) is 10.2 Å². The lowest BCUT2D eigenvalue weighted by atomic mass is 9.90. The molecule has 0 spiro atoms. The molecule has 29 heavy (non-hydrogen) atoms. The van der Waals surface area contributed by atoms with E-state index in [1.807, 2.05) is 19.1 Å². The molecule has 1 fully saturated rings. The Kier molecular flexibility index (Phi) is 5.88. The molecule has 0 amide bonds. The van der Waals surface area contributed by atoms with Gasteiger partial charge in [0.15, 0.2) is 0 Å². The zero-order valence-corrected chi connectivity index (χ0v) is 17.9. The van der Waals surface area contributed by atoms with Crippen molar-refractivity contribution in [3.8, 4) is 11.3 Å². The molecule has 6 nitrogen and oxygen atoms in total. The van der Waals surface area contributed by atoms with Gasteiger partial charge in [-0.15, -0.1) is 0 Å². The highest BCUT2D eigenvalue weighted by molar-refractivity contribution is 7.89. The molecule has 0 bridgehead atoms. The summed E-state index contributed by atoms with van der Waals surface area (Å²) < 4.78 is 28.5. The highest BCUT2D eigenvalue weighted by Gasteiger charge is 2.27. The van der Waals surface area contributed by atoms with Crippen LogP contribution in [-0.2, 0) is 22.9 Å². The Balaban J connectivity index is 1.76. The van der Waals surface area contributed by atoms with Crippen molar-refractivity contribution in [2.24, 2.45) is 0 Å². The number of fused-ring (bicyclic) bond motifs is 1. The first-order chi connectivity index (χ1) is 14.0. The van der Waals surface area contributed by atoms with Crippen molar-refractivity contribution in [2.45, 2.75) is 69.6 Å². The van der Waals surface area contributed by atoms with Crippen LogP contribution in [-0.4, -0.2) is 36.0 Å². The van der Waals surface area contributed by atoms with Crippen molar-refractivity contribution < 1.29 is 8.42 Å². The minimum atomic E-state index is -3.56. The van der Waals surface area contributed by atoms with Crippen LogP contribution in [0.15, 0.2) is 27.9 Å². The van der Waals surface area contributed by atoms with E-state index in [1.165, 1.54) is 6.42 Å². The summed E-state index contributed by atoms with van der Waals surface area (Å²) in [7, 11) is -3.56. The zero-order chi connectivity index (χ0) is 20.4. The number of rotatable bonds is 3. The zero-order valence-electron chi connectivity index (χ0n) is 17.0. The van der Waals surface area contributed by atoms with Gasteiger partial charge < -0.3 is 0 Å². The van der Waals surface area contributed by atoms with Gasteiger partial charge in [0.25, 0.3) is 5.56 Å². The van der Waals surface area contributed by atoms with Crippen LogP contribution in [0.1, 0.15) is 61.6 Å². The number of sulfonamides is 1. The lowest BCUT2D eigenvalue weighted by molar-refractivity contribution is 0.364. The highest BCUT2D eigenvalue weighted by atomic mass is 32.2. The van der Waals surface area contributed by atoms with Crippen molar-refractivity contribution in [3.05, 3.63) is 45.2 Å². The minimum Gasteiger partial charge on any atom is -0.268 e. The SMILES string of the molecule is Cc1ccc(-c2n[nH]c(=O)c3c2CCCC3)cc1S(=O)(=O)N1CCCCCCC1. The van der Waals surface area contributed by atoms with E-state index in [-0.39, 0.29) is 5.56 Å². The summed E-state index contributed by atoms with van der Waals surface area (Å²) in [6, 6.07) is 5.52. The van der Waals surface area contributed by atoms with E-state index in [1.54, 1.807) is 10.4 Å². The summed E-state index contributed by atoms with van der Waals surface area (Å²) in [4.78, 5) is 12.5. The molecule has 2 heterocycles. The average molecular weight is 416 g/mol. The van der Waals surface area contributed by atoms with E-state index in [0.29, 0.717) is 23.7 Å². The number of aryl methyl sites for hydroxylation is 1. The fourth-order valence-electron chi connectivity index (χ4n) is 4.52. The van der Waals surface area contributed by atoms with Gasteiger partial charge in [-0.1, -0.05) is 31.4 Å². The molecule has 1 aromatic carbocycles. The summed E-state index contributed by atoms with van der Waals surface area (Å²) in [5.74, 6) is 0. The lowest BCUT2D eigenvalue weighted by Gasteiger charge is -2.25. The first-order valence-electron chi connectivity index (χ1n) is 10.7. The maximum atomic E-state index is 13.4. The highest BCUT2D eigenvalue weighted by Crippen LogP contribution is 2.31. The second-order valence-electron chi connectivity index (χ2n) is 8.22. The van der Waals surface area contributed by atoms with Gasteiger partial charge in [-0.05, 0) is 62.6 Å². The quantitative estimate of drug-likeness (QED) is 0.831. The molecule has 0 radical (unpaired) electrons. The Morgan fingerprint density at radius 2 is 1.59 bits per heavy atom. The fraction of sp³-hybridized carbons (Fsp3) is 0.545. The number of H-pyrrole nitrogens is 1. The normalized spacial score (nSPS) is 18.7. The molecule has 7 heteroatoms. The predicted octanol–water partition coefficient (Wildman–Crippen LogP) is 3.58. The third-order valence-corrected chi connectivity index (χ3v) is 8.23. The molecule has 156 valence electrons. The van der Waals surface area contributed by atoms with E-state index < -0.39 is 10.0 Å². The van der Waals surface area contributed by atoms with Gasteiger partial charge in [-0.2, -0.15) is 9.40 Å². The molecule has 0 atom stereocenters. The number of aromatic nitrogens is 2. The van der Waals surface area contributed by atoms with Gasteiger partial charge in [-0.3, -0.25) is 4.79 Å². The molecule has 1 aromatic heterocycles. The number of benzene rings is 1. The van der Waals surface area contributed by atoms with Gasteiger partial charge in [0, 0.05) is 24.2 Å². The molecular weight excluding hydrogens is 386 g/mol. The summed E-state index contributed by atoms with van der Waals surface area (Å²) in [5.41, 5.74) is 3.87. The Hall–Kier alpha value is -1.99.